The summed E-state index contributed by atoms with van der Waals surface area (Å²) in [5.41, 5.74) is 3.34. The second-order valence-corrected chi connectivity index (χ2v) is 9.32. The maximum absolute atomic E-state index is 12.5. The van der Waals surface area contributed by atoms with Crippen molar-refractivity contribution in [2.24, 2.45) is 0 Å². The molecule has 0 aromatic heterocycles. The number of hydrogen-bond acceptors (Lipinski definition) is 3. The van der Waals surface area contributed by atoms with E-state index in [4.69, 9.17) is 11.6 Å². The number of hydrogen-bond donors (Lipinski definition) is 1. The van der Waals surface area contributed by atoms with Gasteiger partial charge in [0.25, 0.3) is 5.91 Å². The highest BCUT2D eigenvalue weighted by Gasteiger charge is 2.32. The summed E-state index contributed by atoms with van der Waals surface area (Å²) < 4.78 is 0.955. The Hall–Kier alpha value is -2.28. The number of carbonyl (C=O) groups is 2. The number of thioether (sulfide) groups is 1. The largest absolute Gasteiger partial charge is 0.322 e. The molecule has 0 aliphatic carbocycles. The first kappa shape index (κ1) is 21.0. The van der Waals surface area contributed by atoms with Crippen LogP contribution in [0.25, 0.3) is 0 Å². The van der Waals surface area contributed by atoms with Crippen LogP contribution in [-0.2, 0) is 11.3 Å². The summed E-state index contributed by atoms with van der Waals surface area (Å²) in [6.45, 7) is 0.527. The van der Waals surface area contributed by atoms with E-state index in [1.54, 1.807) is 23.9 Å². The third kappa shape index (κ3) is 4.89. The van der Waals surface area contributed by atoms with E-state index in [0.717, 1.165) is 21.3 Å². The van der Waals surface area contributed by atoms with E-state index in [2.05, 4.69) is 21.2 Å². The fourth-order valence-corrected chi connectivity index (χ4v) is 4.80. The van der Waals surface area contributed by atoms with Gasteiger partial charge >= 0.3 is 0 Å². The molecule has 0 bridgehead atoms. The van der Waals surface area contributed by atoms with Crippen LogP contribution in [0.2, 0.25) is 5.02 Å². The van der Waals surface area contributed by atoms with Gasteiger partial charge in [-0.1, -0.05) is 51.8 Å². The van der Waals surface area contributed by atoms with Crippen LogP contribution in [0, 0.1) is 0 Å². The van der Waals surface area contributed by atoms with Crippen molar-refractivity contribution in [3.8, 4) is 0 Å². The monoisotopic (exact) mass is 500 g/mol. The van der Waals surface area contributed by atoms with Crippen LogP contribution in [0.4, 0.5) is 5.69 Å². The zero-order chi connectivity index (χ0) is 21.1. The lowest BCUT2D eigenvalue weighted by atomic mass is 10.1. The SMILES string of the molecule is O=C(Nc1ccc(Br)cc1)c1ccc([C@@H]2SCC(=O)N2Cc2ccc(Cl)cc2)cc1. The highest BCUT2D eigenvalue weighted by Crippen LogP contribution is 2.39. The fraction of sp³-hybridized carbons (Fsp3) is 0.130. The number of amides is 2. The van der Waals surface area contributed by atoms with Crippen LogP contribution < -0.4 is 5.32 Å². The van der Waals surface area contributed by atoms with Gasteiger partial charge in [-0.2, -0.15) is 0 Å². The standard InChI is InChI=1S/C23H18BrClN2O2S/c24-18-7-11-20(12-8-18)26-22(29)16-3-5-17(6-4-16)23-27(21(28)14-30-23)13-15-1-9-19(25)10-2-15/h1-12,23H,13-14H2,(H,26,29)/t23-/m0/s1. The molecule has 0 spiro atoms. The summed E-state index contributed by atoms with van der Waals surface area (Å²) in [6, 6.07) is 22.4. The van der Waals surface area contributed by atoms with Gasteiger partial charge in [0.2, 0.25) is 5.91 Å². The zero-order valence-corrected chi connectivity index (χ0v) is 19.0. The Labute approximate surface area is 192 Å². The van der Waals surface area contributed by atoms with E-state index in [1.165, 1.54) is 0 Å². The maximum Gasteiger partial charge on any atom is 0.255 e. The minimum Gasteiger partial charge on any atom is -0.322 e. The molecule has 1 saturated heterocycles. The van der Waals surface area contributed by atoms with Gasteiger partial charge in [-0.15, -0.1) is 11.8 Å². The molecular weight excluding hydrogens is 484 g/mol. The van der Waals surface area contributed by atoms with Crippen LogP contribution in [0.1, 0.15) is 26.9 Å². The molecule has 1 atom stereocenters. The third-order valence-corrected chi connectivity index (χ3v) is 6.83. The Morgan fingerprint density at radius 1 is 1.03 bits per heavy atom. The first-order valence-corrected chi connectivity index (χ1v) is 11.5. The minimum absolute atomic E-state index is 0.0724. The van der Waals surface area contributed by atoms with Crippen molar-refractivity contribution in [3.63, 3.8) is 0 Å². The van der Waals surface area contributed by atoms with Crippen LogP contribution in [0.15, 0.2) is 77.3 Å². The van der Waals surface area contributed by atoms with Crippen molar-refractivity contribution in [1.82, 2.24) is 4.90 Å². The molecule has 1 aliphatic rings. The number of halogens is 2. The van der Waals surface area contributed by atoms with Gasteiger partial charge in [0, 0.05) is 27.3 Å². The highest BCUT2D eigenvalue weighted by molar-refractivity contribution is 9.10. The quantitative estimate of drug-likeness (QED) is 0.457. The van der Waals surface area contributed by atoms with Crippen LogP contribution in [-0.4, -0.2) is 22.5 Å². The van der Waals surface area contributed by atoms with Gasteiger partial charge in [-0.05, 0) is 59.7 Å². The number of rotatable bonds is 5. The van der Waals surface area contributed by atoms with Gasteiger partial charge < -0.3 is 10.2 Å². The van der Waals surface area contributed by atoms with E-state index in [1.807, 2.05) is 65.6 Å². The van der Waals surface area contributed by atoms with Crippen LogP contribution in [0.5, 0.6) is 0 Å². The Kier molecular flexibility index (Phi) is 6.46. The summed E-state index contributed by atoms with van der Waals surface area (Å²) in [5, 5.41) is 3.49. The van der Waals surface area contributed by atoms with E-state index in [0.29, 0.717) is 22.9 Å². The van der Waals surface area contributed by atoms with Crippen molar-refractivity contribution in [3.05, 3.63) is 99.0 Å². The second-order valence-electron chi connectivity index (χ2n) is 6.89. The van der Waals surface area contributed by atoms with Crippen LogP contribution in [0.3, 0.4) is 0 Å². The number of nitrogens with zero attached hydrogens (tertiary/aromatic N) is 1. The molecule has 0 radical (unpaired) electrons. The number of carbonyl (C=O) groups excluding carboxylic acids is 2. The second kappa shape index (κ2) is 9.25. The van der Waals surface area contributed by atoms with Gasteiger partial charge in [0.05, 0.1) is 5.75 Å². The Balaban J connectivity index is 1.46. The Bertz CT molecular complexity index is 1060. The molecule has 0 unspecified atom stereocenters. The molecule has 3 aromatic rings. The molecule has 1 heterocycles. The zero-order valence-electron chi connectivity index (χ0n) is 15.8. The lowest BCUT2D eigenvalue weighted by Crippen LogP contribution is -2.27. The van der Waals surface area contributed by atoms with Gasteiger partial charge in [0.15, 0.2) is 0 Å². The molecule has 1 fully saturated rings. The number of nitrogens with one attached hydrogen (secondary N) is 1. The van der Waals surface area contributed by atoms with Crippen molar-refractivity contribution in [2.45, 2.75) is 11.9 Å². The van der Waals surface area contributed by atoms with Crippen molar-refractivity contribution < 1.29 is 9.59 Å². The van der Waals surface area contributed by atoms with Crippen molar-refractivity contribution in [1.29, 1.82) is 0 Å². The third-order valence-electron chi connectivity index (χ3n) is 4.79. The summed E-state index contributed by atoms with van der Waals surface area (Å²) in [5.74, 6) is 0.387. The molecule has 4 rings (SSSR count). The lowest BCUT2D eigenvalue weighted by Gasteiger charge is -2.24. The summed E-state index contributed by atoms with van der Waals surface area (Å²) in [6.07, 6.45) is 0. The molecule has 1 N–H and O–H groups in total. The predicted molar refractivity (Wildman–Crippen MR) is 126 cm³/mol. The molecule has 4 nitrogen and oxygen atoms in total. The van der Waals surface area contributed by atoms with Crippen molar-refractivity contribution >= 4 is 56.8 Å². The Morgan fingerprint density at radius 3 is 2.37 bits per heavy atom. The highest BCUT2D eigenvalue weighted by atomic mass is 79.9. The normalized spacial score (nSPS) is 16.0. The summed E-state index contributed by atoms with van der Waals surface area (Å²) >= 11 is 10.9. The average molecular weight is 502 g/mol. The molecule has 0 saturated carbocycles. The molecule has 7 heteroatoms. The average Bonchev–Trinajstić information content (AvgIpc) is 3.11. The number of anilines is 1. The summed E-state index contributed by atoms with van der Waals surface area (Å²) in [4.78, 5) is 26.8. The number of benzene rings is 3. The Morgan fingerprint density at radius 2 is 1.70 bits per heavy atom. The summed E-state index contributed by atoms with van der Waals surface area (Å²) in [7, 11) is 0. The van der Waals surface area contributed by atoms with Gasteiger partial charge in [-0.25, -0.2) is 0 Å². The lowest BCUT2D eigenvalue weighted by molar-refractivity contribution is -0.128. The molecule has 2 amide bonds. The molecule has 3 aromatic carbocycles. The predicted octanol–water partition coefficient (Wildman–Crippen LogP) is 6.13. The van der Waals surface area contributed by atoms with Gasteiger partial charge in [0.1, 0.15) is 5.37 Å². The molecule has 30 heavy (non-hydrogen) atoms. The molecule has 1 aliphatic heterocycles. The van der Waals surface area contributed by atoms with E-state index >= 15 is 0 Å². The topological polar surface area (TPSA) is 49.4 Å². The first-order valence-electron chi connectivity index (χ1n) is 9.32. The van der Waals surface area contributed by atoms with E-state index in [9.17, 15) is 9.59 Å². The first-order chi connectivity index (χ1) is 14.5. The van der Waals surface area contributed by atoms with Gasteiger partial charge in [-0.3, -0.25) is 9.59 Å². The van der Waals surface area contributed by atoms with E-state index in [-0.39, 0.29) is 17.2 Å². The molecule has 152 valence electrons. The minimum atomic E-state index is -0.169. The van der Waals surface area contributed by atoms with Crippen molar-refractivity contribution in [2.75, 3.05) is 11.1 Å². The fourth-order valence-electron chi connectivity index (χ4n) is 3.22. The maximum atomic E-state index is 12.5. The van der Waals surface area contributed by atoms with E-state index < -0.39 is 0 Å². The molecular formula is C23H18BrClN2O2S. The van der Waals surface area contributed by atoms with Crippen LogP contribution >= 0.6 is 39.3 Å². The smallest absolute Gasteiger partial charge is 0.255 e.